The fourth-order valence-corrected chi connectivity index (χ4v) is 3.17. The summed E-state index contributed by atoms with van der Waals surface area (Å²) >= 11 is 6.64. The van der Waals surface area contributed by atoms with Crippen LogP contribution in [0.1, 0.15) is 11.1 Å². The summed E-state index contributed by atoms with van der Waals surface area (Å²) < 4.78 is 0.581. The van der Waals surface area contributed by atoms with Crippen LogP contribution >= 0.6 is 24.0 Å². The van der Waals surface area contributed by atoms with Gasteiger partial charge in [0.05, 0.1) is 11.4 Å². The lowest BCUT2D eigenvalue weighted by Crippen LogP contribution is -2.27. The Kier molecular flexibility index (Phi) is 4.08. The first-order chi connectivity index (χ1) is 10.2. The van der Waals surface area contributed by atoms with Crippen molar-refractivity contribution in [3.63, 3.8) is 0 Å². The third-order valence-electron chi connectivity index (χ3n) is 2.97. The quantitative estimate of drug-likeness (QED) is 0.644. The topological polar surface area (TPSA) is 46.1 Å². The first-order valence-corrected chi connectivity index (χ1v) is 7.51. The largest absolute Gasteiger partial charge is 0.288 e. The highest BCUT2D eigenvalue weighted by Gasteiger charge is 2.31. The predicted octanol–water partition coefficient (Wildman–Crippen LogP) is 2.88. The molecule has 2 aromatic rings. The molecule has 0 aliphatic carbocycles. The summed E-state index contributed by atoms with van der Waals surface area (Å²) in [5, 5.41) is 0. The number of hydrogen-bond acceptors (Lipinski definition) is 5. The predicted molar refractivity (Wildman–Crippen MR) is 87.2 cm³/mol. The second-order valence-corrected chi connectivity index (χ2v) is 6.08. The van der Waals surface area contributed by atoms with Gasteiger partial charge in [0, 0.05) is 24.8 Å². The van der Waals surface area contributed by atoms with Crippen LogP contribution in [0.3, 0.4) is 0 Å². The van der Waals surface area contributed by atoms with Gasteiger partial charge in [0.25, 0.3) is 5.91 Å². The molecule has 3 rings (SSSR count). The van der Waals surface area contributed by atoms with Gasteiger partial charge in [-0.15, -0.1) is 0 Å². The van der Waals surface area contributed by atoms with E-state index in [4.69, 9.17) is 12.2 Å². The molecule has 3 heterocycles. The molecule has 2 aromatic heterocycles. The lowest BCUT2D eigenvalue weighted by molar-refractivity contribution is -0.122. The van der Waals surface area contributed by atoms with Crippen LogP contribution in [0.5, 0.6) is 0 Å². The Morgan fingerprint density at radius 3 is 2.38 bits per heavy atom. The van der Waals surface area contributed by atoms with E-state index in [1.54, 1.807) is 29.7 Å². The van der Waals surface area contributed by atoms with Gasteiger partial charge in [-0.2, -0.15) is 0 Å². The lowest BCUT2D eigenvalue weighted by Gasteiger charge is -2.14. The third-order valence-corrected chi connectivity index (χ3v) is 4.35. The number of amides is 1. The Morgan fingerprint density at radius 1 is 1.10 bits per heavy atom. The number of pyridine rings is 2. The zero-order chi connectivity index (χ0) is 14.7. The van der Waals surface area contributed by atoms with Gasteiger partial charge >= 0.3 is 0 Å². The summed E-state index contributed by atoms with van der Waals surface area (Å²) in [5.41, 5.74) is 1.95. The van der Waals surface area contributed by atoms with Gasteiger partial charge in [-0.3, -0.25) is 19.7 Å². The van der Waals surface area contributed by atoms with Crippen molar-refractivity contribution < 1.29 is 4.79 Å². The van der Waals surface area contributed by atoms with E-state index in [2.05, 4.69) is 9.97 Å². The molecule has 6 heteroatoms. The Morgan fingerprint density at radius 2 is 1.71 bits per heavy atom. The minimum atomic E-state index is -0.0568. The highest BCUT2D eigenvalue weighted by molar-refractivity contribution is 8.26. The second kappa shape index (κ2) is 6.15. The van der Waals surface area contributed by atoms with Gasteiger partial charge in [-0.05, 0) is 41.5 Å². The third kappa shape index (κ3) is 3.17. The minimum Gasteiger partial charge on any atom is -0.288 e. The molecule has 0 N–H and O–H groups in total. The molecule has 0 spiro atoms. The van der Waals surface area contributed by atoms with Crippen molar-refractivity contribution in [3.05, 3.63) is 65.1 Å². The van der Waals surface area contributed by atoms with Crippen LogP contribution in [0.25, 0.3) is 6.08 Å². The summed E-state index contributed by atoms with van der Waals surface area (Å²) in [5.74, 6) is -0.0568. The van der Waals surface area contributed by atoms with Crippen LogP contribution in [0.2, 0.25) is 0 Å². The van der Waals surface area contributed by atoms with E-state index in [9.17, 15) is 4.79 Å². The fraction of sp³-hybridized carbons (Fsp3) is 0.0667. The number of carbonyl (C=O) groups excluding carboxylic acids is 1. The maximum absolute atomic E-state index is 12.4. The summed E-state index contributed by atoms with van der Waals surface area (Å²) in [7, 11) is 0. The highest BCUT2D eigenvalue weighted by Crippen LogP contribution is 2.33. The minimum absolute atomic E-state index is 0.0568. The molecule has 0 aromatic carbocycles. The van der Waals surface area contributed by atoms with Gasteiger partial charge in [-0.25, -0.2) is 0 Å². The van der Waals surface area contributed by atoms with Crippen molar-refractivity contribution in [2.45, 2.75) is 6.54 Å². The summed E-state index contributed by atoms with van der Waals surface area (Å²) in [6, 6.07) is 7.47. The monoisotopic (exact) mass is 313 g/mol. The maximum atomic E-state index is 12.4. The van der Waals surface area contributed by atoms with Crippen LogP contribution < -0.4 is 0 Å². The molecule has 1 aliphatic heterocycles. The van der Waals surface area contributed by atoms with E-state index >= 15 is 0 Å². The van der Waals surface area contributed by atoms with Crippen molar-refractivity contribution in [3.8, 4) is 0 Å². The average Bonchev–Trinajstić information content (AvgIpc) is 2.77. The maximum Gasteiger partial charge on any atom is 0.266 e. The van der Waals surface area contributed by atoms with E-state index in [-0.39, 0.29) is 5.91 Å². The molecule has 0 saturated carbocycles. The molecule has 104 valence electrons. The Labute approximate surface area is 131 Å². The number of thioether (sulfide) groups is 1. The van der Waals surface area contributed by atoms with Crippen LogP contribution in [-0.4, -0.2) is 25.1 Å². The van der Waals surface area contributed by atoms with Crippen molar-refractivity contribution >= 4 is 40.3 Å². The zero-order valence-corrected chi connectivity index (χ0v) is 12.6. The molecule has 1 amide bonds. The first kappa shape index (κ1) is 13.9. The molecule has 0 bridgehead atoms. The van der Waals surface area contributed by atoms with Crippen LogP contribution in [0.15, 0.2) is 54.0 Å². The molecule has 4 nitrogen and oxygen atoms in total. The van der Waals surface area contributed by atoms with E-state index in [0.29, 0.717) is 15.8 Å². The molecular formula is C15H11N3OS2. The average molecular weight is 313 g/mol. The van der Waals surface area contributed by atoms with Crippen LogP contribution in [-0.2, 0) is 11.3 Å². The number of carbonyl (C=O) groups is 1. The van der Waals surface area contributed by atoms with Crippen molar-refractivity contribution in [2.24, 2.45) is 0 Å². The molecule has 21 heavy (non-hydrogen) atoms. The molecule has 0 unspecified atom stereocenters. The Bertz CT molecular complexity index is 701. The van der Waals surface area contributed by atoms with Gasteiger partial charge < -0.3 is 0 Å². The van der Waals surface area contributed by atoms with Crippen molar-refractivity contribution in [2.75, 3.05) is 0 Å². The van der Waals surface area contributed by atoms with Gasteiger partial charge in [0.2, 0.25) is 0 Å². The number of rotatable bonds is 3. The second-order valence-electron chi connectivity index (χ2n) is 4.40. The molecular weight excluding hydrogens is 302 g/mol. The molecule has 0 atom stereocenters. The Hall–Kier alpha value is -2.05. The zero-order valence-electron chi connectivity index (χ0n) is 11.0. The molecule has 1 fully saturated rings. The molecule has 0 radical (unpaired) electrons. The van der Waals surface area contributed by atoms with Crippen LogP contribution in [0, 0.1) is 0 Å². The van der Waals surface area contributed by atoms with Crippen molar-refractivity contribution in [1.29, 1.82) is 0 Å². The smallest absolute Gasteiger partial charge is 0.266 e. The van der Waals surface area contributed by atoms with E-state index in [1.807, 2.05) is 30.3 Å². The van der Waals surface area contributed by atoms with Gasteiger partial charge in [0.1, 0.15) is 4.32 Å². The fourth-order valence-electron chi connectivity index (χ4n) is 1.92. The van der Waals surface area contributed by atoms with E-state index < -0.39 is 0 Å². The van der Waals surface area contributed by atoms with Crippen LogP contribution in [0.4, 0.5) is 0 Å². The standard InChI is InChI=1S/C15H11N3OS2/c19-14-13(9-11-1-5-16-6-2-11)21-15(20)18(14)10-12-3-7-17-8-4-12/h1-9H,10H2/b13-9-. The SMILES string of the molecule is O=C1/C(=C/c2ccncc2)SC(=S)N1Cc1ccncc1. The summed E-state index contributed by atoms with van der Waals surface area (Å²) in [6.45, 7) is 0.473. The normalized spacial score (nSPS) is 16.8. The first-order valence-electron chi connectivity index (χ1n) is 6.28. The Balaban J connectivity index is 1.81. The summed E-state index contributed by atoms with van der Waals surface area (Å²) in [4.78, 5) is 22.6. The van der Waals surface area contributed by atoms with Gasteiger partial charge in [-0.1, -0.05) is 24.0 Å². The number of aromatic nitrogens is 2. The van der Waals surface area contributed by atoms with E-state index in [1.165, 1.54) is 11.8 Å². The lowest BCUT2D eigenvalue weighted by atomic mass is 10.2. The van der Waals surface area contributed by atoms with Crippen molar-refractivity contribution in [1.82, 2.24) is 14.9 Å². The number of hydrogen-bond donors (Lipinski definition) is 0. The molecule has 1 aliphatic rings. The molecule has 1 saturated heterocycles. The number of nitrogens with zero attached hydrogens (tertiary/aromatic N) is 3. The number of thiocarbonyl (C=S) groups is 1. The van der Waals surface area contributed by atoms with Gasteiger partial charge in [0.15, 0.2) is 0 Å². The summed E-state index contributed by atoms with van der Waals surface area (Å²) in [6.07, 6.45) is 8.65. The van der Waals surface area contributed by atoms with E-state index in [0.717, 1.165) is 11.1 Å². The highest BCUT2D eigenvalue weighted by atomic mass is 32.2.